The van der Waals surface area contributed by atoms with Crippen molar-refractivity contribution in [3.63, 3.8) is 0 Å². The maximum absolute atomic E-state index is 12.2. The molecule has 0 N–H and O–H groups in total. The molecule has 124 valence electrons. The summed E-state index contributed by atoms with van der Waals surface area (Å²) >= 11 is 5.43. The molecule has 2 rings (SSSR count). The van der Waals surface area contributed by atoms with Gasteiger partial charge in [-0.2, -0.15) is 0 Å². The number of hydrogen-bond donors (Lipinski definition) is 0. The predicted octanol–water partition coefficient (Wildman–Crippen LogP) is 2.56. The molecule has 1 aromatic carbocycles. The second kappa shape index (κ2) is 7.61. The minimum absolute atomic E-state index is 0.000648. The van der Waals surface area contributed by atoms with E-state index in [-0.39, 0.29) is 11.3 Å². The number of carbonyl (C=O) groups is 3. The first-order valence-corrected chi connectivity index (χ1v) is 7.22. The van der Waals surface area contributed by atoms with E-state index in [1.807, 2.05) is 0 Å². The first-order valence-electron chi connectivity index (χ1n) is 6.84. The summed E-state index contributed by atoms with van der Waals surface area (Å²) in [6.07, 6.45) is 6.31. The third-order valence-corrected chi connectivity index (χ3v) is 3.48. The summed E-state index contributed by atoms with van der Waals surface area (Å²) in [4.78, 5) is 36.9. The van der Waals surface area contributed by atoms with Crippen LogP contribution in [0.3, 0.4) is 0 Å². The van der Waals surface area contributed by atoms with Crippen molar-refractivity contribution in [3.8, 4) is 0 Å². The van der Waals surface area contributed by atoms with E-state index in [1.54, 1.807) is 30.5 Å². The lowest BCUT2D eigenvalue weighted by atomic mass is 10.1. The van der Waals surface area contributed by atoms with E-state index in [9.17, 15) is 14.4 Å². The molecule has 6 nitrogen and oxygen atoms in total. The minimum atomic E-state index is -0.705. The molecule has 7 heteroatoms. The average Bonchev–Trinajstić information content (AvgIpc) is 2.83. The predicted molar refractivity (Wildman–Crippen MR) is 88.4 cm³/mol. The molecule has 0 aliphatic carbocycles. The minimum Gasteiger partial charge on any atom is -0.465 e. The second-order valence-electron chi connectivity index (χ2n) is 4.64. The van der Waals surface area contributed by atoms with Gasteiger partial charge in [0.2, 0.25) is 0 Å². The number of anilines is 1. The standard InChI is InChI=1S/C17H14ClNO5/c1-23-16(21)13-5-3-4-10-19(14(13)17(22)24-2)12-8-6-11(7-9-12)15(18)20/h3-10H,1-2H3. The number of esters is 2. The largest absolute Gasteiger partial charge is 0.465 e. The van der Waals surface area contributed by atoms with Crippen molar-refractivity contribution in [1.82, 2.24) is 0 Å². The fourth-order valence-corrected chi connectivity index (χ4v) is 2.24. The van der Waals surface area contributed by atoms with Crippen LogP contribution in [-0.2, 0) is 19.1 Å². The molecule has 0 saturated heterocycles. The molecule has 0 radical (unpaired) electrons. The molecule has 0 amide bonds. The number of ether oxygens (including phenoxy) is 2. The second-order valence-corrected chi connectivity index (χ2v) is 4.98. The van der Waals surface area contributed by atoms with E-state index in [4.69, 9.17) is 21.1 Å². The van der Waals surface area contributed by atoms with Crippen molar-refractivity contribution < 1.29 is 23.9 Å². The fourth-order valence-electron chi connectivity index (χ4n) is 2.12. The van der Waals surface area contributed by atoms with Gasteiger partial charge in [0, 0.05) is 17.5 Å². The number of halogens is 1. The molecular formula is C17H14ClNO5. The van der Waals surface area contributed by atoms with E-state index in [1.165, 1.54) is 37.3 Å². The average molecular weight is 348 g/mol. The lowest BCUT2D eigenvalue weighted by Crippen LogP contribution is -2.26. The molecule has 1 aromatic rings. The lowest BCUT2D eigenvalue weighted by molar-refractivity contribution is -0.139. The third-order valence-electron chi connectivity index (χ3n) is 3.26. The van der Waals surface area contributed by atoms with Crippen molar-refractivity contribution >= 4 is 34.5 Å². The van der Waals surface area contributed by atoms with E-state index in [2.05, 4.69) is 0 Å². The Morgan fingerprint density at radius 2 is 1.58 bits per heavy atom. The van der Waals surface area contributed by atoms with Gasteiger partial charge in [-0.3, -0.25) is 4.79 Å². The Kier molecular flexibility index (Phi) is 5.55. The van der Waals surface area contributed by atoms with Crippen LogP contribution in [0.25, 0.3) is 0 Å². The molecular weight excluding hydrogens is 334 g/mol. The number of allylic oxidation sites excluding steroid dienone is 2. The maximum atomic E-state index is 12.2. The van der Waals surface area contributed by atoms with Crippen LogP contribution in [-0.4, -0.2) is 31.4 Å². The molecule has 0 fully saturated rings. The molecule has 1 heterocycles. The Morgan fingerprint density at radius 1 is 0.958 bits per heavy atom. The van der Waals surface area contributed by atoms with Crippen LogP contribution < -0.4 is 4.90 Å². The molecule has 0 spiro atoms. The molecule has 1 aliphatic heterocycles. The van der Waals surface area contributed by atoms with Gasteiger partial charge in [0.25, 0.3) is 5.24 Å². The van der Waals surface area contributed by atoms with Gasteiger partial charge in [0.1, 0.15) is 5.70 Å². The van der Waals surface area contributed by atoms with Crippen molar-refractivity contribution in [1.29, 1.82) is 0 Å². The number of carbonyl (C=O) groups excluding carboxylic acids is 3. The van der Waals surface area contributed by atoms with Crippen molar-refractivity contribution in [2.24, 2.45) is 0 Å². The van der Waals surface area contributed by atoms with Crippen molar-refractivity contribution in [3.05, 3.63) is 65.5 Å². The molecule has 0 aromatic heterocycles. The summed E-state index contributed by atoms with van der Waals surface area (Å²) in [5, 5.41) is -0.589. The van der Waals surface area contributed by atoms with Crippen molar-refractivity contribution in [2.75, 3.05) is 19.1 Å². The number of benzene rings is 1. The number of hydrogen-bond acceptors (Lipinski definition) is 6. The molecule has 0 saturated carbocycles. The van der Waals surface area contributed by atoms with E-state index >= 15 is 0 Å². The quantitative estimate of drug-likeness (QED) is 0.615. The Hall–Kier alpha value is -2.86. The summed E-state index contributed by atoms with van der Waals surface area (Å²) in [6, 6.07) is 6.24. The zero-order valence-corrected chi connectivity index (χ0v) is 13.7. The van der Waals surface area contributed by atoms with Crippen molar-refractivity contribution in [2.45, 2.75) is 0 Å². The Morgan fingerprint density at radius 3 is 2.12 bits per heavy atom. The SMILES string of the molecule is COC(=O)C1=C(C(=O)OC)N(c2ccc(C(=O)Cl)cc2)C=CC=C1. The van der Waals surface area contributed by atoms with Gasteiger partial charge in [0.05, 0.1) is 19.8 Å². The summed E-state index contributed by atoms with van der Waals surface area (Å²) < 4.78 is 9.53. The summed E-state index contributed by atoms with van der Waals surface area (Å²) in [5.41, 5.74) is 0.902. The Labute approximate surface area is 143 Å². The van der Waals surface area contributed by atoms with Crippen LogP contribution in [0.4, 0.5) is 5.69 Å². The van der Waals surface area contributed by atoms with E-state index in [0.717, 1.165) is 0 Å². The maximum Gasteiger partial charge on any atom is 0.355 e. The van der Waals surface area contributed by atoms with Gasteiger partial charge in [-0.25, -0.2) is 9.59 Å². The highest BCUT2D eigenvalue weighted by Gasteiger charge is 2.27. The number of nitrogens with zero attached hydrogens (tertiary/aromatic N) is 1. The van der Waals surface area contributed by atoms with E-state index in [0.29, 0.717) is 11.3 Å². The first-order chi connectivity index (χ1) is 11.5. The molecule has 0 atom stereocenters. The van der Waals surface area contributed by atoms with Gasteiger partial charge in [0.15, 0.2) is 0 Å². The van der Waals surface area contributed by atoms with Gasteiger partial charge in [-0.05, 0) is 48.0 Å². The van der Waals surface area contributed by atoms with Crippen LogP contribution in [0.2, 0.25) is 0 Å². The van der Waals surface area contributed by atoms with E-state index < -0.39 is 17.2 Å². The first kappa shape index (κ1) is 17.5. The lowest BCUT2D eigenvalue weighted by Gasteiger charge is -2.23. The zero-order valence-electron chi connectivity index (χ0n) is 13.0. The summed E-state index contributed by atoms with van der Waals surface area (Å²) in [5.74, 6) is -1.38. The third kappa shape index (κ3) is 3.55. The van der Waals surface area contributed by atoms with Crippen LogP contribution in [0.15, 0.2) is 60.0 Å². The Balaban J connectivity index is 2.58. The highest BCUT2D eigenvalue weighted by Crippen LogP contribution is 2.26. The van der Waals surface area contributed by atoms with Gasteiger partial charge in [-0.1, -0.05) is 6.08 Å². The zero-order chi connectivity index (χ0) is 17.7. The molecule has 0 unspecified atom stereocenters. The number of methoxy groups -OCH3 is 2. The number of rotatable bonds is 4. The molecule has 1 aliphatic rings. The van der Waals surface area contributed by atoms with Gasteiger partial charge < -0.3 is 14.4 Å². The van der Waals surface area contributed by atoms with Crippen LogP contribution in [0.1, 0.15) is 10.4 Å². The van der Waals surface area contributed by atoms with Gasteiger partial charge in [-0.15, -0.1) is 0 Å². The summed E-state index contributed by atoms with van der Waals surface area (Å²) in [7, 11) is 2.44. The summed E-state index contributed by atoms with van der Waals surface area (Å²) in [6.45, 7) is 0. The molecule has 0 bridgehead atoms. The van der Waals surface area contributed by atoms with Crippen LogP contribution in [0.5, 0.6) is 0 Å². The smallest absolute Gasteiger partial charge is 0.355 e. The van der Waals surface area contributed by atoms with Crippen LogP contribution >= 0.6 is 11.6 Å². The normalized spacial score (nSPS) is 13.5. The fraction of sp³-hybridized carbons (Fsp3) is 0.118. The topological polar surface area (TPSA) is 72.9 Å². The highest BCUT2D eigenvalue weighted by molar-refractivity contribution is 6.67. The monoisotopic (exact) mass is 347 g/mol. The highest BCUT2D eigenvalue weighted by atomic mass is 35.5. The van der Waals surface area contributed by atoms with Crippen LogP contribution in [0, 0.1) is 0 Å². The molecule has 24 heavy (non-hydrogen) atoms. The van der Waals surface area contributed by atoms with Gasteiger partial charge >= 0.3 is 11.9 Å². The Bertz CT molecular complexity index is 762.